The molecule has 0 aliphatic carbocycles. The highest BCUT2D eigenvalue weighted by molar-refractivity contribution is 6.17. The third-order valence-corrected chi connectivity index (χ3v) is 2.83. The van der Waals surface area contributed by atoms with Crippen molar-refractivity contribution in [1.82, 2.24) is 0 Å². The predicted octanol–water partition coefficient (Wildman–Crippen LogP) is 3.64. The number of halogens is 1. The number of unbranched alkanes of at least 4 members (excludes halogenated alkanes) is 4. The largest absolute Gasteiger partial charge is 0.379 e. The van der Waals surface area contributed by atoms with Crippen molar-refractivity contribution < 1.29 is 14.2 Å². The zero-order chi connectivity index (χ0) is 13.3. The number of hydrogen-bond acceptors (Lipinski definition) is 3. The Hall–Kier alpha value is 0.170. The second-order valence-corrected chi connectivity index (χ2v) is 4.67. The Labute approximate surface area is 117 Å². The Morgan fingerprint density at radius 3 is 1.67 bits per heavy atom. The number of hydrogen-bond donors (Lipinski definition) is 0. The fraction of sp³-hybridized carbons (Fsp3) is 1.00. The van der Waals surface area contributed by atoms with Crippen LogP contribution in [0, 0.1) is 0 Å². The summed E-state index contributed by atoms with van der Waals surface area (Å²) in [6.45, 7) is 6.55. The van der Waals surface area contributed by atoms with Gasteiger partial charge in [-0.15, -0.1) is 11.6 Å². The van der Waals surface area contributed by atoms with Gasteiger partial charge in [0.05, 0.1) is 26.4 Å². The lowest BCUT2D eigenvalue weighted by Crippen LogP contribution is -2.10. The molecule has 0 N–H and O–H groups in total. The summed E-state index contributed by atoms with van der Waals surface area (Å²) in [7, 11) is 0. The van der Waals surface area contributed by atoms with E-state index in [0.717, 1.165) is 38.4 Å². The van der Waals surface area contributed by atoms with Crippen molar-refractivity contribution in [2.24, 2.45) is 0 Å². The highest BCUT2D eigenvalue weighted by Gasteiger charge is 1.92. The molecule has 0 aliphatic heterocycles. The predicted molar refractivity (Wildman–Crippen MR) is 76.6 cm³/mol. The molecule has 0 saturated heterocycles. The molecule has 3 nitrogen and oxygen atoms in total. The van der Waals surface area contributed by atoms with E-state index in [1.54, 1.807) is 0 Å². The minimum Gasteiger partial charge on any atom is -0.379 e. The third kappa shape index (κ3) is 16.2. The molecule has 0 atom stereocenters. The maximum atomic E-state index is 5.59. The van der Waals surface area contributed by atoms with Gasteiger partial charge >= 0.3 is 0 Å². The first kappa shape index (κ1) is 18.2. The highest BCUT2D eigenvalue weighted by atomic mass is 35.5. The molecule has 110 valence electrons. The zero-order valence-corrected chi connectivity index (χ0v) is 12.6. The summed E-state index contributed by atoms with van der Waals surface area (Å²) in [5.74, 6) is 0.773. The average Bonchev–Trinajstić information content (AvgIpc) is 2.39. The van der Waals surface area contributed by atoms with Gasteiger partial charge < -0.3 is 14.2 Å². The van der Waals surface area contributed by atoms with Crippen LogP contribution in [0.5, 0.6) is 0 Å². The smallest absolute Gasteiger partial charge is 0.0701 e. The van der Waals surface area contributed by atoms with E-state index in [1.807, 2.05) is 0 Å². The van der Waals surface area contributed by atoms with Crippen molar-refractivity contribution in [2.45, 2.75) is 45.4 Å². The van der Waals surface area contributed by atoms with Crippen LogP contribution in [0.25, 0.3) is 0 Å². The van der Waals surface area contributed by atoms with Crippen LogP contribution in [0.15, 0.2) is 0 Å². The molecular formula is C14H29ClO3. The molecular weight excluding hydrogens is 252 g/mol. The number of ether oxygens (including phenoxy) is 3. The van der Waals surface area contributed by atoms with Gasteiger partial charge in [0.25, 0.3) is 0 Å². The molecule has 0 spiro atoms. The fourth-order valence-corrected chi connectivity index (χ4v) is 1.63. The molecule has 0 fully saturated rings. The molecule has 0 aromatic rings. The summed E-state index contributed by atoms with van der Waals surface area (Å²) in [6, 6.07) is 0. The highest BCUT2D eigenvalue weighted by Crippen LogP contribution is 2.01. The van der Waals surface area contributed by atoms with Gasteiger partial charge in [-0.25, -0.2) is 0 Å². The van der Waals surface area contributed by atoms with Crippen LogP contribution >= 0.6 is 11.6 Å². The summed E-state index contributed by atoms with van der Waals surface area (Å²) >= 11 is 5.59. The van der Waals surface area contributed by atoms with Crippen molar-refractivity contribution in [1.29, 1.82) is 0 Å². The Morgan fingerprint density at radius 1 is 0.611 bits per heavy atom. The van der Waals surface area contributed by atoms with Crippen LogP contribution in [-0.2, 0) is 14.2 Å². The van der Waals surface area contributed by atoms with Crippen molar-refractivity contribution >= 4 is 11.6 Å². The van der Waals surface area contributed by atoms with Crippen LogP contribution in [0.4, 0.5) is 0 Å². The van der Waals surface area contributed by atoms with Gasteiger partial charge in [0, 0.05) is 19.1 Å². The zero-order valence-electron chi connectivity index (χ0n) is 11.8. The van der Waals surface area contributed by atoms with Gasteiger partial charge in [-0.05, 0) is 19.3 Å². The minimum absolute atomic E-state index is 0.665. The fourth-order valence-electron chi connectivity index (χ4n) is 1.44. The second kappa shape index (κ2) is 17.2. The van der Waals surface area contributed by atoms with Gasteiger partial charge in [-0.2, -0.15) is 0 Å². The lowest BCUT2D eigenvalue weighted by Gasteiger charge is -2.06. The average molecular weight is 281 g/mol. The van der Waals surface area contributed by atoms with Crippen molar-refractivity contribution in [3.05, 3.63) is 0 Å². The second-order valence-electron chi connectivity index (χ2n) is 4.29. The van der Waals surface area contributed by atoms with Crippen LogP contribution in [0.1, 0.15) is 45.4 Å². The molecule has 0 unspecified atom stereocenters. The van der Waals surface area contributed by atoms with Crippen LogP contribution in [0.2, 0.25) is 0 Å². The van der Waals surface area contributed by atoms with Gasteiger partial charge in [0.1, 0.15) is 0 Å². The third-order valence-electron chi connectivity index (χ3n) is 2.56. The molecule has 0 amide bonds. The first-order valence-electron chi connectivity index (χ1n) is 7.21. The van der Waals surface area contributed by atoms with E-state index >= 15 is 0 Å². The van der Waals surface area contributed by atoms with Crippen LogP contribution in [-0.4, -0.2) is 45.5 Å². The Morgan fingerprint density at radius 2 is 1.11 bits per heavy atom. The topological polar surface area (TPSA) is 27.7 Å². The summed E-state index contributed by atoms with van der Waals surface area (Å²) in [5, 5.41) is 0. The maximum absolute atomic E-state index is 5.59. The van der Waals surface area contributed by atoms with E-state index in [4.69, 9.17) is 25.8 Å². The van der Waals surface area contributed by atoms with Crippen LogP contribution in [0.3, 0.4) is 0 Å². The monoisotopic (exact) mass is 280 g/mol. The normalized spacial score (nSPS) is 11.0. The summed E-state index contributed by atoms with van der Waals surface area (Å²) < 4.78 is 16.2. The molecule has 18 heavy (non-hydrogen) atoms. The lowest BCUT2D eigenvalue weighted by atomic mass is 10.2. The number of alkyl halides is 1. The van der Waals surface area contributed by atoms with E-state index in [2.05, 4.69) is 6.92 Å². The number of rotatable bonds is 15. The summed E-state index contributed by atoms with van der Waals surface area (Å²) in [6.07, 6.45) is 6.96. The van der Waals surface area contributed by atoms with E-state index in [9.17, 15) is 0 Å². The lowest BCUT2D eigenvalue weighted by molar-refractivity contribution is 0.0134. The molecule has 0 heterocycles. The molecule has 0 aliphatic rings. The Balaban J connectivity index is 2.86. The van der Waals surface area contributed by atoms with Crippen molar-refractivity contribution in [3.63, 3.8) is 0 Å². The van der Waals surface area contributed by atoms with E-state index in [-0.39, 0.29) is 0 Å². The molecule has 0 rings (SSSR count). The van der Waals surface area contributed by atoms with E-state index < -0.39 is 0 Å². The van der Waals surface area contributed by atoms with Gasteiger partial charge in [0.15, 0.2) is 0 Å². The van der Waals surface area contributed by atoms with E-state index in [0.29, 0.717) is 26.4 Å². The molecule has 0 saturated carbocycles. The van der Waals surface area contributed by atoms with E-state index in [1.165, 1.54) is 19.3 Å². The van der Waals surface area contributed by atoms with Crippen LogP contribution < -0.4 is 0 Å². The van der Waals surface area contributed by atoms with Crippen molar-refractivity contribution in [2.75, 3.05) is 45.5 Å². The Kier molecular flexibility index (Phi) is 17.3. The molecule has 4 heteroatoms. The summed E-state index contributed by atoms with van der Waals surface area (Å²) in [5.41, 5.74) is 0. The SMILES string of the molecule is CCCCOCCOCCOCCCCCCCl. The standard InChI is InChI=1S/C14H29ClO3/c1-2-3-9-16-11-13-18-14-12-17-10-7-5-4-6-8-15/h2-14H2,1H3. The molecule has 0 bridgehead atoms. The molecule has 0 aromatic carbocycles. The summed E-state index contributed by atoms with van der Waals surface area (Å²) in [4.78, 5) is 0. The van der Waals surface area contributed by atoms with Gasteiger partial charge in [-0.3, -0.25) is 0 Å². The molecule has 0 radical (unpaired) electrons. The van der Waals surface area contributed by atoms with Gasteiger partial charge in [-0.1, -0.05) is 26.2 Å². The quantitative estimate of drug-likeness (QED) is 0.339. The maximum Gasteiger partial charge on any atom is 0.0701 e. The minimum atomic E-state index is 0.665. The first-order valence-corrected chi connectivity index (χ1v) is 7.74. The Bertz CT molecular complexity index is 129. The van der Waals surface area contributed by atoms with Crippen molar-refractivity contribution in [3.8, 4) is 0 Å². The molecule has 0 aromatic heterocycles. The van der Waals surface area contributed by atoms with Gasteiger partial charge in [0.2, 0.25) is 0 Å². The first-order chi connectivity index (χ1) is 8.91.